The maximum Gasteiger partial charge on any atom is 0.278 e. The molecule has 1 amide bonds. The van der Waals surface area contributed by atoms with Crippen molar-refractivity contribution in [3.05, 3.63) is 78.4 Å². The molecule has 0 saturated heterocycles. The van der Waals surface area contributed by atoms with Crippen LogP contribution in [-0.4, -0.2) is 40.2 Å². The monoisotopic (exact) mass is 366 g/mol. The van der Waals surface area contributed by atoms with Gasteiger partial charge in [-0.3, -0.25) is 19.5 Å². The summed E-state index contributed by atoms with van der Waals surface area (Å²) in [5.41, 5.74) is 0.985. The molecule has 0 radical (unpaired) electrons. The van der Waals surface area contributed by atoms with Crippen LogP contribution in [-0.2, 0) is 13.2 Å². The summed E-state index contributed by atoms with van der Waals surface area (Å²) in [6, 6.07) is 9.62. The molecule has 0 aliphatic heterocycles. The summed E-state index contributed by atoms with van der Waals surface area (Å²) in [6.07, 6.45) is 6.63. The Morgan fingerprint density at radius 1 is 1.07 bits per heavy atom. The van der Waals surface area contributed by atoms with Gasteiger partial charge in [-0.05, 0) is 29.8 Å². The first-order valence-electron chi connectivity index (χ1n) is 8.12. The second kappa shape index (κ2) is 7.20. The highest BCUT2D eigenvalue weighted by molar-refractivity contribution is 6.01. The Morgan fingerprint density at radius 3 is 2.81 bits per heavy atom. The molecule has 0 aliphatic rings. The van der Waals surface area contributed by atoms with Crippen LogP contribution in [0.4, 0.5) is 10.3 Å². The Kier molecular flexibility index (Phi) is 4.44. The molecule has 9 nitrogen and oxygen atoms in total. The third-order valence-corrected chi connectivity index (χ3v) is 3.72. The average Bonchev–Trinajstić information content (AvgIpc) is 3.38. The molecule has 4 rings (SSSR count). The summed E-state index contributed by atoms with van der Waals surface area (Å²) in [6.45, 7) is 0.750. The molecule has 3 aromatic heterocycles. The largest absolute Gasteiger partial charge is 0.288 e. The second-order valence-corrected chi connectivity index (χ2v) is 5.78. The van der Waals surface area contributed by atoms with Crippen LogP contribution in [0, 0.1) is 5.82 Å². The molecule has 0 atom stereocenters. The highest BCUT2D eigenvalue weighted by Crippen LogP contribution is 2.07. The number of rotatable bonds is 6. The van der Waals surface area contributed by atoms with Crippen LogP contribution >= 0.6 is 0 Å². The number of carbonyl (C=O) groups excluding carboxylic acids is 1. The van der Waals surface area contributed by atoms with Crippen molar-refractivity contribution in [2.45, 2.75) is 13.2 Å². The van der Waals surface area contributed by atoms with E-state index in [1.165, 1.54) is 23.1 Å². The summed E-state index contributed by atoms with van der Waals surface area (Å²) < 4.78 is 18.0. The molecule has 4 aromatic rings. The molecule has 0 saturated carbocycles. The van der Waals surface area contributed by atoms with Crippen LogP contribution in [0.3, 0.4) is 0 Å². The van der Waals surface area contributed by atoms with E-state index in [9.17, 15) is 9.18 Å². The predicted octanol–water partition coefficient (Wildman–Crippen LogP) is 1.62. The first-order valence-corrected chi connectivity index (χ1v) is 8.12. The summed E-state index contributed by atoms with van der Waals surface area (Å²) in [4.78, 5) is 16.3. The van der Waals surface area contributed by atoms with E-state index in [4.69, 9.17) is 0 Å². The Morgan fingerprint density at radius 2 is 2.00 bits per heavy atom. The zero-order valence-electron chi connectivity index (χ0n) is 14.1. The fourth-order valence-electron chi connectivity index (χ4n) is 2.51. The van der Waals surface area contributed by atoms with Crippen molar-refractivity contribution >= 4 is 11.9 Å². The standard InChI is InChI=1S/C17H15FN8O/c18-14-4-1-3-13(9-14)10-26-11-19-17(23-26)21-16(27)15-5-8-25(22-15)12-24-7-2-6-20-24/h1-9,11H,10,12H2,(H,21,23,27). The number of carbonyl (C=O) groups is 1. The minimum Gasteiger partial charge on any atom is -0.288 e. The van der Waals surface area contributed by atoms with Crippen molar-refractivity contribution in [2.75, 3.05) is 5.32 Å². The van der Waals surface area contributed by atoms with Gasteiger partial charge in [-0.1, -0.05) is 12.1 Å². The van der Waals surface area contributed by atoms with Crippen molar-refractivity contribution in [3.63, 3.8) is 0 Å². The van der Waals surface area contributed by atoms with E-state index >= 15 is 0 Å². The van der Waals surface area contributed by atoms with Gasteiger partial charge in [-0.2, -0.15) is 10.2 Å². The molecular formula is C17H15FN8O. The Balaban J connectivity index is 1.38. The van der Waals surface area contributed by atoms with Crippen LogP contribution < -0.4 is 5.32 Å². The van der Waals surface area contributed by atoms with Crippen LogP contribution in [0.5, 0.6) is 0 Å². The van der Waals surface area contributed by atoms with E-state index in [0.29, 0.717) is 13.2 Å². The number of benzene rings is 1. The number of halogens is 1. The molecule has 0 spiro atoms. The van der Waals surface area contributed by atoms with E-state index < -0.39 is 5.91 Å². The lowest BCUT2D eigenvalue weighted by Crippen LogP contribution is -2.16. The third-order valence-electron chi connectivity index (χ3n) is 3.72. The summed E-state index contributed by atoms with van der Waals surface area (Å²) in [5, 5.41) is 15.1. The predicted molar refractivity (Wildman–Crippen MR) is 93.3 cm³/mol. The average molecular weight is 366 g/mol. The highest BCUT2D eigenvalue weighted by atomic mass is 19.1. The molecule has 0 bridgehead atoms. The van der Waals surface area contributed by atoms with Crippen molar-refractivity contribution in [1.82, 2.24) is 34.3 Å². The summed E-state index contributed by atoms with van der Waals surface area (Å²) >= 11 is 0. The van der Waals surface area contributed by atoms with Gasteiger partial charge in [0.05, 0.1) is 6.54 Å². The van der Waals surface area contributed by atoms with Gasteiger partial charge in [0.1, 0.15) is 18.8 Å². The molecule has 27 heavy (non-hydrogen) atoms. The van der Waals surface area contributed by atoms with Gasteiger partial charge < -0.3 is 0 Å². The maximum atomic E-state index is 13.2. The van der Waals surface area contributed by atoms with Crippen LogP contribution in [0.2, 0.25) is 0 Å². The van der Waals surface area contributed by atoms with Gasteiger partial charge in [0.15, 0.2) is 5.69 Å². The topological polar surface area (TPSA) is 95.5 Å². The fraction of sp³-hybridized carbons (Fsp3) is 0.118. The van der Waals surface area contributed by atoms with E-state index in [2.05, 4.69) is 25.6 Å². The number of aromatic nitrogens is 7. The summed E-state index contributed by atoms with van der Waals surface area (Å²) in [7, 11) is 0. The van der Waals surface area contributed by atoms with E-state index in [-0.39, 0.29) is 17.5 Å². The maximum absolute atomic E-state index is 13.2. The van der Waals surface area contributed by atoms with Crippen molar-refractivity contribution in [3.8, 4) is 0 Å². The quantitative estimate of drug-likeness (QED) is 0.559. The summed E-state index contributed by atoms with van der Waals surface area (Å²) in [5.74, 6) is -0.581. The van der Waals surface area contributed by atoms with Gasteiger partial charge in [-0.15, -0.1) is 5.10 Å². The molecule has 0 unspecified atom stereocenters. The number of anilines is 1. The molecule has 3 heterocycles. The number of hydrogen-bond donors (Lipinski definition) is 1. The Hall–Kier alpha value is -3.82. The lowest BCUT2D eigenvalue weighted by molar-refractivity contribution is 0.102. The van der Waals surface area contributed by atoms with Gasteiger partial charge in [0.25, 0.3) is 5.91 Å². The normalized spacial score (nSPS) is 10.9. The highest BCUT2D eigenvalue weighted by Gasteiger charge is 2.12. The van der Waals surface area contributed by atoms with E-state index in [0.717, 1.165) is 5.56 Å². The number of hydrogen-bond acceptors (Lipinski definition) is 5. The molecule has 0 aliphatic carbocycles. The molecule has 1 N–H and O–H groups in total. The zero-order valence-corrected chi connectivity index (χ0v) is 14.1. The van der Waals surface area contributed by atoms with Gasteiger partial charge in [-0.25, -0.2) is 14.1 Å². The molecule has 10 heteroatoms. The SMILES string of the molecule is O=C(Nc1ncn(Cc2cccc(F)c2)n1)c1ccn(Cn2cccn2)n1. The van der Waals surface area contributed by atoms with Gasteiger partial charge >= 0.3 is 0 Å². The lowest BCUT2D eigenvalue weighted by atomic mass is 10.2. The number of nitrogens with zero attached hydrogens (tertiary/aromatic N) is 7. The van der Waals surface area contributed by atoms with Gasteiger partial charge in [0.2, 0.25) is 5.95 Å². The lowest BCUT2D eigenvalue weighted by Gasteiger charge is -2.02. The molecular weight excluding hydrogens is 351 g/mol. The minimum absolute atomic E-state index is 0.151. The Bertz CT molecular complexity index is 1050. The van der Waals surface area contributed by atoms with E-state index in [1.807, 2.05) is 6.07 Å². The second-order valence-electron chi connectivity index (χ2n) is 5.78. The first kappa shape index (κ1) is 16.6. The fourth-order valence-corrected chi connectivity index (χ4v) is 2.51. The minimum atomic E-state index is -0.419. The van der Waals surface area contributed by atoms with E-state index in [1.54, 1.807) is 46.2 Å². The molecule has 136 valence electrons. The van der Waals surface area contributed by atoms with Crippen LogP contribution in [0.15, 0.2) is 61.3 Å². The third kappa shape index (κ3) is 4.06. The van der Waals surface area contributed by atoms with Crippen molar-refractivity contribution < 1.29 is 9.18 Å². The molecule has 1 aromatic carbocycles. The van der Waals surface area contributed by atoms with Crippen LogP contribution in [0.1, 0.15) is 16.1 Å². The number of nitrogens with one attached hydrogen (secondary N) is 1. The molecule has 0 fully saturated rings. The Labute approximate surface area is 153 Å². The smallest absolute Gasteiger partial charge is 0.278 e. The zero-order chi connectivity index (χ0) is 18.6. The van der Waals surface area contributed by atoms with Crippen LogP contribution in [0.25, 0.3) is 0 Å². The van der Waals surface area contributed by atoms with Crippen molar-refractivity contribution in [1.29, 1.82) is 0 Å². The first-order chi connectivity index (χ1) is 13.2. The van der Waals surface area contributed by atoms with Gasteiger partial charge in [0, 0.05) is 18.6 Å². The number of amides is 1. The van der Waals surface area contributed by atoms with Crippen molar-refractivity contribution in [2.24, 2.45) is 0 Å².